The van der Waals surface area contributed by atoms with Crippen LogP contribution in [0.25, 0.3) is 0 Å². The Bertz CT molecular complexity index is 2230. The summed E-state index contributed by atoms with van der Waals surface area (Å²) in [6.07, 6.45) is -5.40. The summed E-state index contributed by atoms with van der Waals surface area (Å²) >= 11 is 1.88. The number of fused-ring (bicyclic) bond motifs is 1. The first-order chi connectivity index (χ1) is 43.5. The molecule has 0 radical (unpaired) electrons. The van der Waals surface area contributed by atoms with E-state index in [0.717, 1.165) is 37.1 Å². The van der Waals surface area contributed by atoms with Crippen LogP contribution in [0.5, 0.6) is 0 Å². The molecule has 0 aliphatic carbocycles. The summed E-state index contributed by atoms with van der Waals surface area (Å²) in [5, 5.41) is 71.9. The summed E-state index contributed by atoms with van der Waals surface area (Å²) < 4.78 is 81.0. The first-order valence-corrected chi connectivity index (χ1v) is 31.8. The number of ether oxygens (including phenoxy) is 10. The smallest absolute Gasteiger partial charge is 0.364 e. The molecule has 0 saturated carbocycles. The van der Waals surface area contributed by atoms with Gasteiger partial charge in [0.25, 0.3) is 12.2 Å². The van der Waals surface area contributed by atoms with E-state index in [9.17, 15) is 67.9 Å². The Morgan fingerprint density at radius 3 is 1.69 bits per heavy atom. The molecule has 0 aromatic heterocycles. The molecule has 3 aliphatic heterocycles. The number of hydrogen-bond donors (Lipinski definition) is 12. The number of urea groups is 1. The zero-order chi connectivity index (χ0) is 65.2. The molecule has 3 aliphatic rings. The fourth-order valence-corrected chi connectivity index (χ4v) is 11.0. The number of aliphatic hydroxyl groups is 4. The third kappa shape index (κ3) is 32.0. The number of unbranched alkanes of at least 4 members (excludes halogenated alkanes) is 4. The molecular weight excluding hydrogens is 1220 g/mol. The van der Waals surface area contributed by atoms with Gasteiger partial charge in [-0.3, -0.25) is 24.0 Å². The Labute approximate surface area is 527 Å². The number of alkyl halides is 2. The van der Waals surface area contributed by atoms with E-state index in [1.807, 2.05) is 11.8 Å². The molecule has 1 aromatic carbocycles. The summed E-state index contributed by atoms with van der Waals surface area (Å²) in [7, 11) is 0. The number of carboxylic acid groups (broad SMARTS) is 1. The van der Waals surface area contributed by atoms with E-state index >= 15 is 0 Å². The number of carbonyl (C=O) groups is 7. The Morgan fingerprint density at radius 1 is 0.622 bits per heavy atom. The highest BCUT2D eigenvalue weighted by Crippen LogP contribution is 2.35. The molecular formula is C58H95F2N7O22S. The van der Waals surface area contributed by atoms with Crippen molar-refractivity contribution in [3.63, 3.8) is 0 Å². The number of nitrogens with one attached hydrogen (secondary N) is 7. The number of hydrogen-bond acceptors (Lipinski definition) is 22. The number of amides is 7. The van der Waals surface area contributed by atoms with Crippen LogP contribution in [0.1, 0.15) is 88.2 Å². The topological polar surface area (TPSA) is 397 Å². The second-order valence-corrected chi connectivity index (χ2v) is 22.6. The number of rotatable bonds is 53. The van der Waals surface area contributed by atoms with E-state index in [0.29, 0.717) is 148 Å². The zero-order valence-corrected chi connectivity index (χ0v) is 51.9. The quantitative estimate of drug-likeness (QED) is 0.0274. The Hall–Kier alpha value is -5.04. The Kier molecular flexibility index (Phi) is 39.6. The van der Waals surface area contributed by atoms with E-state index in [1.165, 1.54) is 12.1 Å². The highest BCUT2D eigenvalue weighted by molar-refractivity contribution is 8.00. The van der Waals surface area contributed by atoms with Crippen LogP contribution in [0.2, 0.25) is 0 Å². The molecule has 7 amide bonds. The Morgan fingerprint density at radius 2 is 1.14 bits per heavy atom. The fourth-order valence-electron chi connectivity index (χ4n) is 9.50. The van der Waals surface area contributed by atoms with Crippen molar-refractivity contribution in [1.82, 2.24) is 37.2 Å². The van der Waals surface area contributed by atoms with Crippen molar-refractivity contribution in [2.75, 3.05) is 151 Å². The molecule has 9 atom stereocenters. The number of aliphatic hydroxyl groups excluding tert-OH is 4. The van der Waals surface area contributed by atoms with Gasteiger partial charge < -0.3 is 110 Å². The van der Waals surface area contributed by atoms with Gasteiger partial charge in [0.2, 0.25) is 29.5 Å². The van der Waals surface area contributed by atoms with Crippen LogP contribution in [0.3, 0.4) is 0 Å². The summed E-state index contributed by atoms with van der Waals surface area (Å²) in [6, 6.07) is 3.80. The van der Waals surface area contributed by atoms with E-state index in [4.69, 9.17) is 47.4 Å². The van der Waals surface area contributed by atoms with Gasteiger partial charge in [-0.1, -0.05) is 43.5 Å². The van der Waals surface area contributed by atoms with Crippen LogP contribution in [0.15, 0.2) is 24.3 Å². The van der Waals surface area contributed by atoms with Gasteiger partial charge >= 0.3 is 12.0 Å². The van der Waals surface area contributed by atoms with Gasteiger partial charge in [-0.25, -0.2) is 18.4 Å². The van der Waals surface area contributed by atoms with Gasteiger partial charge in [0.1, 0.15) is 18.8 Å². The van der Waals surface area contributed by atoms with Gasteiger partial charge in [-0.05, 0) is 31.2 Å². The average Bonchev–Trinajstić information content (AvgIpc) is 0.984. The highest BCUT2D eigenvalue weighted by atomic mass is 32.2. The molecule has 0 spiro atoms. The summed E-state index contributed by atoms with van der Waals surface area (Å²) in [4.78, 5) is 85.2. The van der Waals surface area contributed by atoms with Crippen molar-refractivity contribution in [2.24, 2.45) is 0 Å². The largest absolute Gasteiger partial charge is 0.477 e. The highest BCUT2D eigenvalue weighted by Gasteiger charge is 2.56. The van der Waals surface area contributed by atoms with Gasteiger partial charge in [0.15, 0.2) is 0 Å². The van der Waals surface area contributed by atoms with E-state index in [2.05, 4.69) is 37.2 Å². The minimum Gasteiger partial charge on any atom is -0.477 e. The molecule has 3 saturated heterocycles. The van der Waals surface area contributed by atoms with Crippen LogP contribution in [0.4, 0.5) is 13.6 Å². The molecule has 32 heteroatoms. The molecule has 3 fully saturated rings. The van der Waals surface area contributed by atoms with Crippen molar-refractivity contribution >= 4 is 53.3 Å². The molecule has 29 nitrogen and oxygen atoms in total. The van der Waals surface area contributed by atoms with Crippen molar-refractivity contribution in [1.29, 1.82) is 0 Å². The van der Waals surface area contributed by atoms with E-state index < -0.39 is 80.0 Å². The monoisotopic (exact) mass is 1310 g/mol. The third-order valence-electron chi connectivity index (χ3n) is 14.3. The van der Waals surface area contributed by atoms with Gasteiger partial charge in [-0.2, -0.15) is 11.8 Å². The number of carbonyl (C=O) groups excluding carboxylic acids is 6. The number of carboxylic acids is 1. The lowest BCUT2D eigenvalue weighted by atomic mass is 9.88. The normalized spacial score (nSPS) is 21.0. The average molecular weight is 1310 g/mol. The van der Waals surface area contributed by atoms with Crippen LogP contribution in [-0.2, 0) is 82.6 Å². The zero-order valence-electron chi connectivity index (χ0n) is 51.1. The third-order valence-corrected chi connectivity index (χ3v) is 15.8. The predicted octanol–water partition coefficient (Wildman–Crippen LogP) is -1.02. The van der Waals surface area contributed by atoms with Crippen LogP contribution >= 0.6 is 11.8 Å². The molecule has 514 valence electrons. The maximum atomic E-state index is 12.9. The minimum absolute atomic E-state index is 0.00782. The van der Waals surface area contributed by atoms with Crippen molar-refractivity contribution in [3.05, 3.63) is 35.4 Å². The lowest BCUT2D eigenvalue weighted by molar-refractivity contribution is -0.310. The number of thioether (sulfide) groups is 1. The SMILES string of the molecule is O=C(CCCC[C@H]1SC[C@H]2NC(=O)N[C@H]21)NCCOCCOCCOCCOCCC(=O)NCCOCCOCCOCCOCCC(=O)NCCCCCCO[C@]1(C(=O)O)C[C@H](O)[C@@H](NC(=O)CO)[C@H]([C@H](O)[C@H](O)CNC(=O)Cc2ccc(C(F)F)cc2)O1. The molecule has 12 N–H and O–H groups in total. The molecule has 4 rings (SSSR count). The van der Waals surface area contributed by atoms with E-state index in [-0.39, 0.29) is 87.1 Å². The fraction of sp³-hybridized carbons (Fsp3) is 0.776. The van der Waals surface area contributed by atoms with Crippen molar-refractivity contribution in [2.45, 2.75) is 137 Å². The van der Waals surface area contributed by atoms with Gasteiger partial charge in [-0.15, -0.1) is 0 Å². The van der Waals surface area contributed by atoms with Crippen LogP contribution < -0.4 is 37.2 Å². The maximum absolute atomic E-state index is 12.9. The number of benzene rings is 1. The molecule has 0 unspecified atom stereocenters. The van der Waals surface area contributed by atoms with E-state index in [1.54, 1.807) is 0 Å². The second kappa shape index (κ2) is 46.1. The first-order valence-electron chi connectivity index (χ1n) is 30.8. The molecule has 3 heterocycles. The summed E-state index contributed by atoms with van der Waals surface area (Å²) in [5.41, 5.74) is 0.153. The molecule has 90 heavy (non-hydrogen) atoms. The first kappa shape index (κ1) is 77.4. The van der Waals surface area contributed by atoms with Gasteiger partial charge in [0, 0.05) is 68.4 Å². The lowest BCUT2D eigenvalue weighted by Crippen LogP contribution is -2.68. The maximum Gasteiger partial charge on any atom is 0.364 e. The van der Waals surface area contributed by atoms with Gasteiger partial charge in [0.05, 0.1) is 149 Å². The Balaban J connectivity index is 0.865. The number of halogens is 2. The standard InChI is InChI=1S/C58H95F2N7O22S/c59-55(60)41-11-9-40(10-12-41)35-49(74)64-37-44(70)53(76)54-52(66-50(75)38-68)43(69)36-58(89-54,56(77)78)88-18-6-2-1-5-15-61-47(72)13-19-80-23-27-84-31-34-87-30-26-83-22-17-63-48(73)14-20-81-24-28-85-32-33-86-29-25-82-21-16-62-46(71)8-4-3-7-45-51-42(39-90-45)65-57(79)67-51/h9-12,42-45,51-55,68-70,76H,1-8,13-39H2,(H,61,72)(H,62,71)(H,63,73)(H,64,74)(H,66,75)(H,77,78)(H2,65,67,79)/t42-,43+,44-,45-,51-,52-,53-,54-,58-/m1/s1. The van der Waals surface area contributed by atoms with Crippen LogP contribution in [-0.4, -0.2) is 272 Å². The molecule has 1 aromatic rings. The van der Waals surface area contributed by atoms with Crippen molar-refractivity contribution < 1.29 is 115 Å². The lowest BCUT2D eigenvalue weighted by Gasteiger charge is -2.46. The summed E-state index contributed by atoms with van der Waals surface area (Å²) in [5.74, 6) is -5.26. The predicted molar refractivity (Wildman–Crippen MR) is 318 cm³/mol. The molecule has 0 bridgehead atoms. The van der Waals surface area contributed by atoms with Crippen LogP contribution in [0, 0.1) is 0 Å². The summed E-state index contributed by atoms with van der Waals surface area (Å²) in [6.45, 7) is 4.81. The second-order valence-electron chi connectivity index (χ2n) is 21.3. The minimum atomic E-state index is -2.69. The van der Waals surface area contributed by atoms with Crippen molar-refractivity contribution in [3.8, 4) is 0 Å². The number of aliphatic carboxylic acids is 1.